The number of H-pyrrole nitrogens is 1. The summed E-state index contributed by atoms with van der Waals surface area (Å²) in [6, 6.07) is 3.35. The summed E-state index contributed by atoms with van der Waals surface area (Å²) in [6.45, 7) is 7.01. The van der Waals surface area contributed by atoms with Crippen molar-refractivity contribution < 1.29 is 9.59 Å². The van der Waals surface area contributed by atoms with E-state index in [4.69, 9.17) is 0 Å². The molecule has 0 aliphatic heterocycles. The molecule has 0 unspecified atom stereocenters. The molecule has 110 valence electrons. The number of Topliss-reactive ketones (excluding diaryl/α,β-unsaturated/α-hetero) is 1. The monoisotopic (exact) mass is 286 g/mol. The third-order valence-corrected chi connectivity index (χ3v) is 3.46. The number of amides is 1. The van der Waals surface area contributed by atoms with Crippen molar-refractivity contribution in [1.29, 1.82) is 0 Å². The minimum atomic E-state index is -0.327. The van der Waals surface area contributed by atoms with Crippen LogP contribution in [0, 0.1) is 20.8 Å². The van der Waals surface area contributed by atoms with Gasteiger partial charge in [0.2, 0.25) is 11.5 Å². The second kappa shape index (κ2) is 5.52. The van der Waals surface area contributed by atoms with E-state index in [2.05, 4.69) is 10.3 Å². The highest BCUT2D eigenvalue weighted by molar-refractivity contribution is 6.05. The van der Waals surface area contributed by atoms with Crippen LogP contribution in [0.5, 0.6) is 0 Å². The van der Waals surface area contributed by atoms with Crippen LogP contribution in [0.15, 0.2) is 16.9 Å². The van der Waals surface area contributed by atoms with Gasteiger partial charge in [0.25, 0.3) is 0 Å². The number of carbonyl (C=O) groups is 2. The minimum Gasteiger partial charge on any atom is -0.325 e. The molecule has 1 amide bonds. The maximum atomic E-state index is 11.8. The Labute approximate surface area is 122 Å². The zero-order valence-electron chi connectivity index (χ0n) is 12.6. The van der Waals surface area contributed by atoms with Crippen molar-refractivity contribution in [3.8, 4) is 0 Å². The maximum Gasteiger partial charge on any atom is 0.248 e. The van der Waals surface area contributed by atoms with Gasteiger partial charge in [0.05, 0.1) is 11.9 Å². The van der Waals surface area contributed by atoms with Crippen LogP contribution in [0.2, 0.25) is 0 Å². The Bertz CT molecular complexity index is 803. The molecule has 1 aromatic heterocycles. The Balaban J connectivity index is 2.57. The van der Waals surface area contributed by atoms with Gasteiger partial charge in [-0.05, 0) is 50.5 Å². The van der Waals surface area contributed by atoms with E-state index in [1.165, 1.54) is 13.0 Å². The fourth-order valence-electron chi connectivity index (χ4n) is 2.55. The number of pyridine rings is 1. The number of carbonyl (C=O) groups excluding carboxylic acids is 2. The Kier molecular flexibility index (Phi) is 3.93. The summed E-state index contributed by atoms with van der Waals surface area (Å²) in [6.07, 6.45) is -0.138. The Hall–Kier alpha value is -2.43. The summed E-state index contributed by atoms with van der Waals surface area (Å²) in [4.78, 5) is 37.2. The first-order valence-electron chi connectivity index (χ1n) is 6.72. The molecule has 0 atom stereocenters. The number of nitrogens with one attached hydrogen (secondary N) is 2. The molecule has 0 radical (unpaired) electrons. The molecule has 5 nitrogen and oxygen atoms in total. The highest BCUT2D eigenvalue weighted by Gasteiger charge is 2.13. The van der Waals surface area contributed by atoms with Crippen LogP contribution < -0.4 is 10.9 Å². The van der Waals surface area contributed by atoms with Gasteiger partial charge in [-0.1, -0.05) is 0 Å². The second-order valence-corrected chi connectivity index (χ2v) is 5.36. The Morgan fingerprint density at radius 1 is 1.14 bits per heavy atom. The maximum absolute atomic E-state index is 11.8. The van der Waals surface area contributed by atoms with Crippen LogP contribution in [-0.4, -0.2) is 16.7 Å². The summed E-state index contributed by atoms with van der Waals surface area (Å²) < 4.78 is 0. The van der Waals surface area contributed by atoms with Crippen LogP contribution in [0.1, 0.15) is 30.0 Å². The molecule has 0 saturated carbocycles. The standard InChI is InChI=1S/C16H18N2O3/c1-8-6-13(20)18-16-9(2)5-12(11(4)15(8)16)17-14(21)7-10(3)19/h5-6H,7H2,1-4H3,(H,17,21)(H,18,20). The predicted octanol–water partition coefficient (Wildman–Crippen LogP) is 2.37. The number of aromatic amines is 1. The van der Waals surface area contributed by atoms with E-state index in [1.807, 2.05) is 26.8 Å². The quantitative estimate of drug-likeness (QED) is 0.850. The summed E-state index contributed by atoms with van der Waals surface area (Å²) >= 11 is 0. The number of ketones is 1. The van der Waals surface area contributed by atoms with Crippen molar-refractivity contribution in [2.24, 2.45) is 0 Å². The predicted molar refractivity (Wildman–Crippen MR) is 82.7 cm³/mol. The number of aryl methyl sites for hydroxylation is 3. The number of aromatic nitrogens is 1. The molecule has 0 aliphatic rings. The van der Waals surface area contributed by atoms with E-state index in [0.29, 0.717) is 5.69 Å². The number of hydrogen-bond acceptors (Lipinski definition) is 3. The van der Waals surface area contributed by atoms with Crippen molar-refractivity contribution in [1.82, 2.24) is 4.98 Å². The SMILES string of the molecule is CC(=O)CC(=O)Nc1cc(C)c2[nH]c(=O)cc(C)c2c1C. The molecule has 1 aromatic carbocycles. The van der Waals surface area contributed by atoms with Gasteiger partial charge in [0.15, 0.2) is 0 Å². The van der Waals surface area contributed by atoms with Crippen LogP contribution in [0.3, 0.4) is 0 Å². The lowest BCUT2D eigenvalue weighted by molar-refractivity contribution is -0.124. The third kappa shape index (κ3) is 3.02. The first-order chi connectivity index (χ1) is 9.79. The molecule has 0 saturated heterocycles. The van der Waals surface area contributed by atoms with Gasteiger partial charge in [0, 0.05) is 17.1 Å². The Morgan fingerprint density at radius 3 is 2.43 bits per heavy atom. The van der Waals surface area contributed by atoms with Crippen molar-refractivity contribution in [2.75, 3.05) is 5.32 Å². The topological polar surface area (TPSA) is 79.0 Å². The largest absolute Gasteiger partial charge is 0.325 e. The van der Waals surface area contributed by atoms with E-state index in [-0.39, 0.29) is 23.7 Å². The van der Waals surface area contributed by atoms with Gasteiger partial charge in [-0.2, -0.15) is 0 Å². The molecular weight excluding hydrogens is 268 g/mol. The molecule has 0 aliphatic carbocycles. The molecule has 0 spiro atoms. The number of hydrogen-bond donors (Lipinski definition) is 2. The summed E-state index contributed by atoms with van der Waals surface area (Å²) in [5.41, 5.74) is 3.91. The third-order valence-electron chi connectivity index (χ3n) is 3.46. The van der Waals surface area contributed by atoms with Crippen LogP contribution in [0.25, 0.3) is 10.9 Å². The molecule has 1 heterocycles. The summed E-state index contributed by atoms with van der Waals surface area (Å²) in [5.74, 6) is -0.505. The fraction of sp³-hybridized carbons (Fsp3) is 0.312. The molecule has 2 N–H and O–H groups in total. The molecule has 21 heavy (non-hydrogen) atoms. The summed E-state index contributed by atoms with van der Waals surface area (Å²) in [7, 11) is 0. The zero-order valence-corrected chi connectivity index (χ0v) is 12.6. The lowest BCUT2D eigenvalue weighted by atomic mass is 9.99. The minimum absolute atomic E-state index is 0.138. The zero-order chi connectivity index (χ0) is 15.7. The first kappa shape index (κ1) is 15.0. The van der Waals surface area contributed by atoms with Gasteiger partial charge >= 0.3 is 0 Å². The summed E-state index contributed by atoms with van der Waals surface area (Å²) in [5, 5.41) is 3.69. The van der Waals surface area contributed by atoms with E-state index in [0.717, 1.165) is 27.6 Å². The molecular formula is C16H18N2O3. The van der Waals surface area contributed by atoms with E-state index in [9.17, 15) is 14.4 Å². The van der Waals surface area contributed by atoms with Crippen LogP contribution in [-0.2, 0) is 9.59 Å². The van der Waals surface area contributed by atoms with Crippen LogP contribution in [0.4, 0.5) is 5.69 Å². The molecule has 5 heteroatoms. The smallest absolute Gasteiger partial charge is 0.248 e. The van der Waals surface area contributed by atoms with Crippen molar-refractivity contribution in [2.45, 2.75) is 34.1 Å². The highest BCUT2D eigenvalue weighted by atomic mass is 16.2. The van der Waals surface area contributed by atoms with E-state index in [1.54, 1.807) is 0 Å². The second-order valence-electron chi connectivity index (χ2n) is 5.36. The number of rotatable bonds is 3. The average Bonchev–Trinajstić information content (AvgIpc) is 2.33. The van der Waals surface area contributed by atoms with E-state index < -0.39 is 0 Å². The lowest BCUT2D eigenvalue weighted by Crippen LogP contribution is -2.16. The normalized spacial score (nSPS) is 10.7. The number of fused-ring (bicyclic) bond motifs is 1. The van der Waals surface area contributed by atoms with Gasteiger partial charge < -0.3 is 10.3 Å². The number of anilines is 1. The number of benzene rings is 1. The molecule has 2 aromatic rings. The Morgan fingerprint density at radius 2 is 1.81 bits per heavy atom. The highest BCUT2D eigenvalue weighted by Crippen LogP contribution is 2.29. The molecule has 0 bridgehead atoms. The van der Waals surface area contributed by atoms with Crippen molar-refractivity contribution >= 4 is 28.3 Å². The first-order valence-corrected chi connectivity index (χ1v) is 6.72. The van der Waals surface area contributed by atoms with E-state index >= 15 is 0 Å². The van der Waals surface area contributed by atoms with Crippen LogP contribution >= 0.6 is 0 Å². The van der Waals surface area contributed by atoms with Crippen molar-refractivity contribution in [3.05, 3.63) is 39.2 Å². The molecule has 0 fully saturated rings. The van der Waals surface area contributed by atoms with Gasteiger partial charge in [-0.15, -0.1) is 0 Å². The van der Waals surface area contributed by atoms with Gasteiger partial charge in [-0.25, -0.2) is 0 Å². The molecule has 2 rings (SSSR count). The van der Waals surface area contributed by atoms with Gasteiger partial charge in [-0.3, -0.25) is 14.4 Å². The van der Waals surface area contributed by atoms with Crippen molar-refractivity contribution in [3.63, 3.8) is 0 Å². The lowest BCUT2D eigenvalue weighted by Gasteiger charge is -2.14. The average molecular weight is 286 g/mol. The van der Waals surface area contributed by atoms with Gasteiger partial charge in [0.1, 0.15) is 5.78 Å². The fourth-order valence-corrected chi connectivity index (χ4v) is 2.55.